The molecule has 0 saturated carbocycles. The van der Waals surface area contributed by atoms with Crippen molar-refractivity contribution in [2.75, 3.05) is 13.1 Å². The van der Waals surface area contributed by atoms with Gasteiger partial charge in [-0.3, -0.25) is 4.90 Å². The third kappa shape index (κ3) is 2.32. The Balaban J connectivity index is 1.48. The highest BCUT2D eigenvalue weighted by atomic mass is 15.2. The molecule has 0 radical (unpaired) electrons. The predicted molar refractivity (Wildman–Crippen MR) is 78.4 cm³/mol. The Hall–Kier alpha value is -0.860. The number of aryl methyl sites for hydroxylation is 1. The quantitative estimate of drug-likeness (QED) is 0.830. The highest BCUT2D eigenvalue weighted by molar-refractivity contribution is 5.30. The molecule has 2 bridgehead atoms. The van der Waals surface area contributed by atoms with Gasteiger partial charge in [0, 0.05) is 24.7 Å². The first-order chi connectivity index (χ1) is 9.38. The Kier molecular flexibility index (Phi) is 3.08. The molecular weight excluding hydrogens is 232 g/mol. The van der Waals surface area contributed by atoms with Gasteiger partial charge in [0.2, 0.25) is 0 Å². The van der Waals surface area contributed by atoms with E-state index in [0.717, 1.165) is 18.1 Å². The topological polar surface area (TPSA) is 15.3 Å². The molecule has 1 aromatic carbocycles. The number of likely N-dealkylation sites (tertiary alicyclic amines) is 1. The smallest absolute Gasteiger partial charge is 0.0198 e. The van der Waals surface area contributed by atoms with Crippen LogP contribution in [0.15, 0.2) is 24.3 Å². The second-order valence-corrected chi connectivity index (χ2v) is 6.59. The van der Waals surface area contributed by atoms with Crippen molar-refractivity contribution >= 4 is 0 Å². The molecule has 2 aliphatic heterocycles. The van der Waals surface area contributed by atoms with Crippen LogP contribution in [0.5, 0.6) is 0 Å². The van der Waals surface area contributed by atoms with Crippen molar-refractivity contribution in [1.29, 1.82) is 0 Å². The predicted octanol–water partition coefficient (Wildman–Crippen LogP) is 2.37. The highest BCUT2D eigenvalue weighted by Crippen LogP contribution is 2.28. The van der Waals surface area contributed by atoms with Crippen molar-refractivity contribution in [3.63, 3.8) is 0 Å². The van der Waals surface area contributed by atoms with Crippen LogP contribution in [0.4, 0.5) is 0 Å². The normalized spacial score (nSPS) is 34.8. The zero-order valence-electron chi connectivity index (χ0n) is 11.6. The molecule has 1 N–H and O–H groups in total. The van der Waals surface area contributed by atoms with Crippen molar-refractivity contribution in [2.45, 2.75) is 56.7 Å². The maximum atomic E-state index is 3.80. The van der Waals surface area contributed by atoms with Gasteiger partial charge in [0.15, 0.2) is 0 Å². The number of nitrogens with one attached hydrogen (secondary N) is 1. The molecule has 1 aromatic rings. The summed E-state index contributed by atoms with van der Waals surface area (Å²) in [7, 11) is 0. The molecule has 0 spiro atoms. The first-order valence-electron chi connectivity index (χ1n) is 7.95. The van der Waals surface area contributed by atoms with E-state index in [9.17, 15) is 0 Å². The minimum absolute atomic E-state index is 0.768. The van der Waals surface area contributed by atoms with Gasteiger partial charge in [-0.1, -0.05) is 24.3 Å². The first kappa shape index (κ1) is 11.9. The van der Waals surface area contributed by atoms with Gasteiger partial charge in [0.05, 0.1) is 0 Å². The Labute approximate surface area is 116 Å². The third-order valence-electron chi connectivity index (χ3n) is 5.39. The second kappa shape index (κ2) is 4.92. The highest BCUT2D eigenvalue weighted by Gasteiger charge is 2.33. The van der Waals surface area contributed by atoms with Crippen molar-refractivity contribution in [3.05, 3.63) is 35.4 Å². The molecule has 3 aliphatic rings. The molecule has 2 nitrogen and oxygen atoms in total. The van der Waals surface area contributed by atoms with E-state index in [0.29, 0.717) is 0 Å². The van der Waals surface area contributed by atoms with E-state index in [-0.39, 0.29) is 0 Å². The van der Waals surface area contributed by atoms with Gasteiger partial charge in [0.25, 0.3) is 0 Å². The van der Waals surface area contributed by atoms with Crippen LogP contribution in [0.2, 0.25) is 0 Å². The number of hydrogen-bond acceptors (Lipinski definition) is 2. The van der Waals surface area contributed by atoms with Crippen LogP contribution in [0.3, 0.4) is 0 Å². The summed E-state index contributed by atoms with van der Waals surface area (Å²) in [4.78, 5) is 2.78. The van der Waals surface area contributed by atoms with E-state index < -0.39 is 0 Å². The molecule has 1 aliphatic carbocycles. The van der Waals surface area contributed by atoms with E-state index >= 15 is 0 Å². The standard InChI is InChI=1S/C17H24N2/c1-2-4-14-11-17(8-5-13(14)3-1)19-10-9-15-6-7-16(12-19)18-15/h1-4,15-18H,5-12H2. The molecule has 2 saturated heterocycles. The van der Waals surface area contributed by atoms with Crippen LogP contribution in [0, 0.1) is 0 Å². The summed E-state index contributed by atoms with van der Waals surface area (Å²) in [5.41, 5.74) is 3.19. The molecule has 3 unspecified atom stereocenters. The van der Waals surface area contributed by atoms with Gasteiger partial charge >= 0.3 is 0 Å². The fraction of sp³-hybridized carbons (Fsp3) is 0.647. The summed E-state index contributed by atoms with van der Waals surface area (Å²) in [6.07, 6.45) is 8.06. The summed E-state index contributed by atoms with van der Waals surface area (Å²) in [6, 6.07) is 11.4. The molecule has 102 valence electrons. The van der Waals surface area contributed by atoms with Crippen molar-refractivity contribution in [2.24, 2.45) is 0 Å². The summed E-state index contributed by atoms with van der Waals surface area (Å²) in [6.45, 7) is 2.59. The van der Waals surface area contributed by atoms with E-state index in [4.69, 9.17) is 0 Å². The van der Waals surface area contributed by atoms with E-state index in [1.807, 2.05) is 0 Å². The van der Waals surface area contributed by atoms with Crippen LogP contribution >= 0.6 is 0 Å². The Bertz CT molecular complexity index is 456. The maximum Gasteiger partial charge on any atom is 0.0198 e. The molecule has 3 atom stereocenters. The molecule has 2 heteroatoms. The van der Waals surface area contributed by atoms with Crippen molar-refractivity contribution in [3.8, 4) is 0 Å². The fourth-order valence-electron chi connectivity index (χ4n) is 4.29. The zero-order valence-corrected chi connectivity index (χ0v) is 11.6. The third-order valence-corrected chi connectivity index (χ3v) is 5.39. The van der Waals surface area contributed by atoms with Gasteiger partial charge in [-0.2, -0.15) is 0 Å². The van der Waals surface area contributed by atoms with Crippen LogP contribution in [-0.4, -0.2) is 36.1 Å². The number of nitrogens with zero attached hydrogens (tertiary/aromatic N) is 1. The minimum Gasteiger partial charge on any atom is -0.310 e. The lowest BCUT2D eigenvalue weighted by molar-refractivity contribution is 0.171. The zero-order chi connectivity index (χ0) is 12.7. The molecule has 0 amide bonds. The number of rotatable bonds is 1. The van der Waals surface area contributed by atoms with Gasteiger partial charge < -0.3 is 5.32 Å². The molecular formula is C17H24N2. The Morgan fingerprint density at radius 2 is 1.79 bits per heavy atom. The summed E-state index contributed by atoms with van der Waals surface area (Å²) in [5.74, 6) is 0. The summed E-state index contributed by atoms with van der Waals surface area (Å²) >= 11 is 0. The lowest BCUT2D eigenvalue weighted by Gasteiger charge is -2.36. The van der Waals surface area contributed by atoms with Crippen molar-refractivity contribution in [1.82, 2.24) is 10.2 Å². The lowest BCUT2D eigenvalue weighted by atomic mass is 9.87. The second-order valence-electron chi connectivity index (χ2n) is 6.59. The molecule has 2 fully saturated rings. The monoisotopic (exact) mass is 256 g/mol. The van der Waals surface area contributed by atoms with E-state index in [2.05, 4.69) is 34.5 Å². The Morgan fingerprint density at radius 3 is 2.74 bits per heavy atom. The maximum absolute atomic E-state index is 3.80. The van der Waals surface area contributed by atoms with E-state index in [1.54, 1.807) is 11.1 Å². The average molecular weight is 256 g/mol. The fourth-order valence-corrected chi connectivity index (χ4v) is 4.29. The average Bonchev–Trinajstić information content (AvgIpc) is 2.78. The van der Waals surface area contributed by atoms with Crippen molar-refractivity contribution < 1.29 is 0 Å². The molecule has 2 heterocycles. The molecule has 0 aromatic heterocycles. The van der Waals surface area contributed by atoms with E-state index in [1.165, 1.54) is 51.6 Å². The van der Waals surface area contributed by atoms with Gasteiger partial charge in [-0.05, 0) is 56.2 Å². The molecule has 4 rings (SSSR count). The minimum atomic E-state index is 0.768. The van der Waals surface area contributed by atoms with Crippen LogP contribution < -0.4 is 5.32 Å². The van der Waals surface area contributed by atoms with Crippen LogP contribution in [-0.2, 0) is 12.8 Å². The van der Waals surface area contributed by atoms with Crippen LogP contribution in [0.1, 0.15) is 36.8 Å². The SMILES string of the molecule is c1ccc2c(c1)CCC(N1CCC3CCC(C1)N3)C2. The van der Waals surface area contributed by atoms with Gasteiger partial charge in [-0.25, -0.2) is 0 Å². The molecule has 19 heavy (non-hydrogen) atoms. The lowest BCUT2D eigenvalue weighted by Crippen LogP contribution is -2.44. The largest absolute Gasteiger partial charge is 0.310 e. The summed E-state index contributed by atoms with van der Waals surface area (Å²) in [5, 5.41) is 3.80. The number of fused-ring (bicyclic) bond motifs is 3. The van der Waals surface area contributed by atoms with Gasteiger partial charge in [-0.15, -0.1) is 0 Å². The summed E-state index contributed by atoms with van der Waals surface area (Å²) < 4.78 is 0. The first-order valence-corrected chi connectivity index (χ1v) is 7.95. The van der Waals surface area contributed by atoms with Crippen LogP contribution in [0.25, 0.3) is 0 Å². The number of benzene rings is 1. The van der Waals surface area contributed by atoms with Gasteiger partial charge in [0.1, 0.15) is 0 Å². The Morgan fingerprint density at radius 1 is 0.947 bits per heavy atom. The number of hydrogen-bond donors (Lipinski definition) is 1.